The molecular weight excluding hydrogens is 323 g/mol. The Morgan fingerprint density at radius 3 is 2.45 bits per heavy atom. The van der Waals surface area contributed by atoms with Crippen LogP contribution in [0.1, 0.15) is 25.6 Å². The van der Waals surface area contributed by atoms with E-state index in [2.05, 4.69) is 36.5 Å². The molecule has 1 aromatic carbocycles. The first-order valence-corrected chi connectivity index (χ1v) is 7.07. The van der Waals surface area contributed by atoms with Gasteiger partial charge in [0.05, 0.1) is 5.69 Å². The molecule has 0 atom stereocenters. The van der Waals surface area contributed by atoms with Gasteiger partial charge >= 0.3 is 0 Å². The van der Waals surface area contributed by atoms with Gasteiger partial charge in [-0.05, 0) is 34.1 Å². The monoisotopic (exact) mass is 338 g/mol. The van der Waals surface area contributed by atoms with Crippen molar-refractivity contribution >= 4 is 33.3 Å². The fourth-order valence-corrected chi connectivity index (χ4v) is 2.09. The van der Waals surface area contributed by atoms with Crippen molar-refractivity contribution in [3.63, 3.8) is 0 Å². The van der Waals surface area contributed by atoms with E-state index in [0.717, 1.165) is 17.3 Å². The number of hydrogen-bond acceptors (Lipinski definition) is 4. The van der Waals surface area contributed by atoms with Crippen molar-refractivity contribution in [2.45, 2.75) is 19.8 Å². The van der Waals surface area contributed by atoms with Gasteiger partial charge < -0.3 is 10.6 Å². The number of nitrogens with one attached hydrogen (secondary N) is 2. The highest BCUT2D eigenvalue weighted by molar-refractivity contribution is 9.10. The van der Waals surface area contributed by atoms with E-state index in [4.69, 9.17) is 0 Å². The molecule has 0 aliphatic rings. The maximum Gasteiger partial charge on any atom is 0.136 e. The first-order valence-electron chi connectivity index (χ1n) is 6.28. The first-order chi connectivity index (χ1) is 9.49. The summed E-state index contributed by atoms with van der Waals surface area (Å²) in [7, 11) is 1.81. The number of halogens is 2. The Morgan fingerprint density at radius 2 is 1.85 bits per heavy atom. The summed E-state index contributed by atoms with van der Waals surface area (Å²) in [4.78, 5) is 8.86. The van der Waals surface area contributed by atoms with Crippen molar-refractivity contribution in [1.29, 1.82) is 0 Å². The molecular formula is C14H16BrFN4. The average molecular weight is 339 g/mol. The third kappa shape index (κ3) is 3.45. The summed E-state index contributed by atoms with van der Waals surface area (Å²) >= 11 is 3.33. The lowest BCUT2D eigenvalue weighted by Crippen LogP contribution is -2.05. The highest BCUT2D eigenvalue weighted by Crippen LogP contribution is 2.27. The Kier molecular flexibility index (Phi) is 4.54. The van der Waals surface area contributed by atoms with Crippen molar-refractivity contribution < 1.29 is 4.39 Å². The predicted octanol–water partition coefficient (Wildman–Crippen LogP) is 4.29. The van der Waals surface area contributed by atoms with Gasteiger partial charge in [0.15, 0.2) is 0 Å². The normalized spacial score (nSPS) is 10.7. The van der Waals surface area contributed by atoms with Gasteiger partial charge in [-0.25, -0.2) is 14.4 Å². The summed E-state index contributed by atoms with van der Waals surface area (Å²) in [6, 6.07) is 6.28. The van der Waals surface area contributed by atoms with Crippen LogP contribution in [-0.2, 0) is 0 Å². The molecule has 4 nitrogen and oxygen atoms in total. The van der Waals surface area contributed by atoms with Crippen LogP contribution in [0.2, 0.25) is 0 Å². The first kappa shape index (κ1) is 14.7. The molecule has 0 saturated carbocycles. The molecule has 0 saturated heterocycles. The van der Waals surface area contributed by atoms with Crippen molar-refractivity contribution in [2.75, 3.05) is 17.7 Å². The summed E-state index contributed by atoms with van der Waals surface area (Å²) in [5.74, 6) is 2.09. The van der Waals surface area contributed by atoms with Crippen molar-refractivity contribution in [2.24, 2.45) is 0 Å². The number of aromatic nitrogens is 2. The molecule has 6 heteroatoms. The van der Waals surface area contributed by atoms with Gasteiger partial charge in [0.2, 0.25) is 0 Å². The predicted molar refractivity (Wildman–Crippen MR) is 83.1 cm³/mol. The van der Waals surface area contributed by atoms with Crippen LogP contribution in [0.25, 0.3) is 0 Å². The molecule has 1 aromatic heterocycles. The lowest BCUT2D eigenvalue weighted by Gasteiger charge is -2.12. The largest absolute Gasteiger partial charge is 0.373 e. The minimum atomic E-state index is -0.288. The highest BCUT2D eigenvalue weighted by Gasteiger charge is 2.09. The Balaban J connectivity index is 2.34. The highest BCUT2D eigenvalue weighted by atomic mass is 79.9. The van der Waals surface area contributed by atoms with E-state index in [1.165, 1.54) is 12.1 Å². The van der Waals surface area contributed by atoms with E-state index in [1.807, 2.05) is 27.0 Å². The number of anilines is 3. The second-order valence-corrected chi connectivity index (χ2v) is 5.50. The molecule has 0 radical (unpaired) electrons. The number of hydrogen-bond donors (Lipinski definition) is 2. The van der Waals surface area contributed by atoms with Gasteiger partial charge in [-0.1, -0.05) is 13.8 Å². The molecule has 2 rings (SSSR count). The van der Waals surface area contributed by atoms with Crippen molar-refractivity contribution in [1.82, 2.24) is 9.97 Å². The molecule has 0 bridgehead atoms. The average Bonchev–Trinajstić information content (AvgIpc) is 2.41. The summed E-state index contributed by atoms with van der Waals surface area (Å²) in [6.45, 7) is 4.07. The second kappa shape index (κ2) is 6.17. The Morgan fingerprint density at radius 1 is 1.15 bits per heavy atom. The maximum absolute atomic E-state index is 13.1. The van der Waals surface area contributed by atoms with E-state index in [9.17, 15) is 4.39 Å². The minimum absolute atomic E-state index is 0.223. The molecule has 2 N–H and O–H groups in total. The van der Waals surface area contributed by atoms with Crippen LogP contribution in [0.4, 0.5) is 21.7 Å². The number of benzene rings is 1. The van der Waals surface area contributed by atoms with Gasteiger partial charge in [0.25, 0.3) is 0 Å². The van der Waals surface area contributed by atoms with Gasteiger partial charge in [-0.3, -0.25) is 0 Å². The quantitative estimate of drug-likeness (QED) is 0.873. The fourth-order valence-electron chi connectivity index (χ4n) is 1.65. The summed E-state index contributed by atoms with van der Waals surface area (Å²) in [6.07, 6.45) is 0. The Labute approximate surface area is 126 Å². The maximum atomic E-state index is 13.1. The molecule has 0 fully saturated rings. The lowest BCUT2D eigenvalue weighted by atomic mass is 10.2. The van der Waals surface area contributed by atoms with E-state index in [0.29, 0.717) is 10.3 Å². The molecule has 0 unspecified atom stereocenters. The standard InChI is InChI=1S/C14H16BrFN4/c1-8(2)14-19-12(17-3)7-13(20-14)18-11-5-4-9(16)6-10(11)15/h4-8H,1-3H3,(H2,17,18,19,20). The number of rotatable bonds is 4. The molecule has 106 valence electrons. The Hall–Kier alpha value is -1.69. The van der Waals surface area contributed by atoms with Crippen LogP contribution < -0.4 is 10.6 Å². The zero-order chi connectivity index (χ0) is 14.7. The lowest BCUT2D eigenvalue weighted by molar-refractivity contribution is 0.627. The zero-order valence-electron chi connectivity index (χ0n) is 11.5. The molecule has 1 heterocycles. The smallest absolute Gasteiger partial charge is 0.136 e. The molecule has 2 aromatic rings. The molecule has 0 aliphatic heterocycles. The SMILES string of the molecule is CNc1cc(Nc2ccc(F)cc2Br)nc(C(C)C)n1. The van der Waals surface area contributed by atoms with E-state index in [1.54, 1.807) is 6.07 Å². The van der Waals surface area contributed by atoms with Crippen LogP contribution in [0.5, 0.6) is 0 Å². The van der Waals surface area contributed by atoms with Crippen LogP contribution in [0.15, 0.2) is 28.7 Å². The second-order valence-electron chi connectivity index (χ2n) is 4.65. The Bertz CT molecular complexity index is 616. The van der Waals surface area contributed by atoms with E-state index < -0.39 is 0 Å². The third-order valence-corrected chi connectivity index (χ3v) is 3.37. The van der Waals surface area contributed by atoms with Crippen LogP contribution >= 0.6 is 15.9 Å². The van der Waals surface area contributed by atoms with Crippen molar-refractivity contribution in [3.05, 3.63) is 40.4 Å². The molecule has 0 aliphatic carbocycles. The van der Waals surface area contributed by atoms with Gasteiger partial charge in [0, 0.05) is 23.5 Å². The van der Waals surface area contributed by atoms with Crippen LogP contribution in [0, 0.1) is 5.82 Å². The van der Waals surface area contributed by atoms with Gasteiger partial charge in [0.1, 0.15) is 23.3 Å². The van der Waals surface area contributed by atoms with E-state index in [-0.39, 0.29) is 11.7 Å². The zero-order valence-corrected chi connectivity index (χ0v) is 13.1. The molecule has 0 amide bonds. The van der Waals surface area contributed by atoms with Gasteiger partial charge in [-0.2, -0.15) is 0 Å². The van der Waals surface area contributed by atoms with Crippen LogP contribution in [-0.4, -0.2) is 17.0 Å². The summed E-state index contributed by atoms with van der Waals surface area (Å²) < 4.78 is 13.7. The van der Waals surface area contributed by atoms with Gasteiger partial charge in [-0.15, -0.1) is 0 Å². The summed E-state index contributed by atoms with van der Waals surface area (Å²) in [5.41, 5.74) is 0.752. The molecule has 20 heavy (non-hydrogen) atoms. The fraction of sp³-hybridized carbons (Fsp3) is 0.286. The number of nitrogens with zero attached hydrogens (tertiary/aromatic N) is 2. The van der Waals surface area contributed by atoms with Crippen molar-refractivity contribution in [3.8, 4) is 0 Å². The topological polar surface area (TPSA) is 49.8 Å². The molecule has 0 spiro atoms. The summed E-state index contributed by atoms with van der Waals surface area (Å²) in [5, 5.41) is 6.17. The van der Waals surface area contributed by atoms with Crippen LogP contribution in [0.3, 0.4) is 0 Å². The van der Waals surface area contributed by atoms with E-state index >= 15 is 0 Å². The minimum Gasteiger partial charge on any atom is -0.373 e. The third-order valence-electron chi connectivity index (χ3n) is 2.71.